The summed E-state index contributed by atoms with van der Waals surface area (Å²) >= 11 is 0. The Labute approximate surface area is 140 Å². The van der Waals surface area contributed by atoms with E-state index in [1.165, 1.54) is 38.5 Å². The Morgan fingerprint density at radius 1 is 1.05 bits per heavy atom. The van der Waals surface area contributed by atoms with Crippen LogP contribution in [-0.4, -0.2) is 0 Å². The second kappa shape index (κ2) is 7.37. The molecular weight excluding hydrogens is 264 g/mol. The maximum Gasteiger partial charge on any atom is -0.00502 e. The van der Waals surface area contributed by atoms with Gasteiger partial charge in [-0.3, -0.25) is 0 Å². The molecule has 0 heteroatoms. The molecule has 0 radical (unpaired) electrons. The maximum atomic E-state index is 2.59. The van der Waals surface area contributed by atoms with Crippen LogP contribution in [-0.2, 0) is 0 Å². The molecule has 0 N–H and O–H groups in total. The molecule has 0 amide bonds. The predicted molar refractivity (Wildman–Crippen MR) is 101 cm³/mol. The third kappa shape index (κ3) is 4.49. The van der Waals surface area contributed by atoms with Crippen LogP contribution >= 0.6 is 0 Å². The van der Waals surface area contributed by atoms with Gasteiger partial charge in [0, 0.05) is 0 Å². The second-order valence-electron chi connectivity index (χ2n) is 8.81. The molecule has 1 aliphatic rings. The molecule has 0 aliphatic heterocycles. The minimum Gasteiger partial charge on any atom is -0.0786 e. The van der Waals surface area contributed by atoms with E-state index >= 15 is 0 Å². The Kier molecular flexibility index (Phi) is 6.54. The monoisotopic (exact) mass is 304 g/mol. The summed E-state index contributed by atoms with van der Waals surface area (Å²) in [4.78, 5) is 0. The zero-order chi connectivity index (χ0) is 17.0. The van der Waals surface area contributed by atoms with Crippen molar-refractivity contribution < 1.29 is 0 Å². The lowest BCUT2D eigenvalue weighted by Crippen LogP contribution is -2.30. The molecule has 0 spiro atoms. The molecular formula is C22H40. The summed E-state index contributed by atoms with van der Waals surface area (Å²) < 4.78 is 0. The Balaban J connectivity index is 3.23. The first-order valence-electron chi connectivity index (χ1n) is 9.57. The average molecular weight is 305 g/mol. The van der Waals surface area contributed by atoms with Crippen LogP contribution in [0, 0.1) is 22.2 Å². The van der Waals surface area contributed by atoms with E-state index in [1.54, 1.807) is 5.57 Å². The summed E-state index contributed by atoms with van der Waals surface area (Å²) in [5, 5.41) is 0. The molecule has 22 heavy (non-hydrogen) atoms. The Bertz CT molecular complexity index is 400. The van der Waals surface area contributed by atoms with Crippen molar-refractivity contribution in [3.8, 4) is 0 Å². The minimum absolute atomic E-state index is 0.323. The SMILES string of the molecule is CCC(C)(CC)CC(CC)(CC)C1=CC(C)CC(C)(C)C=C1. The molecule has 1 unspecified atom stereocenters. The van der Waals surface area contributed by atoms with Gasteiger partial charge in [0.15, 0.2) is 0 Å². The molecule has 1 atom stereocenters. The number of rotatable bonds is 7. The molecule has 0 nitrogen and oxygen atoms in total. The van der Waals surface area contributed by atoms with Crippen molar-refractivity contribution in [1.29, 1.82) is 0 Å². The van der Waals surface area contributed by atoms with E-state index in [1.807, 2.05) is 0 Å². The second-order valence-corrected chi connectivity index (χ2v) is 8.81. The van der Waals surface area contributed by atoms with E-state index < -0.39 is 0 Å². The molecule has 0 fully saturated rings. The van der Waals surface area contributed by atoms with Gasteiger partial charge in [0.05, 0.1) is 0 Å². The summed E-state index contributed by atoms with van der Waals surface area (Å²) in [7, 11) is 0. The standard InChI is InChI=1S/C22H40/c1-9-21(8,10-2)17-22(11-3,12-4)19-13-14-20(6,7)16-18(5)15-19/h13-15,18H,9-12,16-17H2,1-8H3. The number of hydrogen-bond donors (Lipinski definition) is 0. The van der Waals surface area contributed by atoms with Crippen LogP contribution in [0.5, 0.6) is 0 Å². The van der Waals surface area contributed by atoms with Gasteiger partial charge in [-0.1, -0.05) is 86.5 Å². The lowest BCUT2D eigenvalue weighted by atomic mass is 9.63. The van der Waals surface area contributed by atoms with Crippen molar-refractivity contribution in [2.75, 3.05) is 0 Å². The third-order valence-electron chi connectivity index (χ3n) is 6.46. The predicted octanol–water partition coefficient (Wildman–Crippen LogP) is 7.56. The van der Waals surface area contributed by atoms with Crippen molar-refractivity contribution in [1.82, 2.24) is 0 Å². The van der Waals surface area contributed by atoms with E-state index in [9.17, 15) is 0 Å². The average Bonchev–Trinajstić information content (AvgIpc) is 2.62. The summed E-state index contributed by atoms with van der Waals surface area (Å²) in [6.07, 6.45) is 15.2. The Hall–Kier alpha value is -0.520. The first-order chi connectivity index (χ1) is 10.2. The fraction of sp³-hybridized carbons (Fsp3) is 0.818. The van der Waals surface area contributed by atoms with Gasteiger partial charge in [0.25, 0.3) is 0 Å². The molecule has 1 aliphatic carbocycles. The molecule has 0 bridgehead atoms. The van der Waals surface area contributed by atoms with Crippen LogP contribution < -0.4 is 0 Å². The first-order valence-corrected chi connectivity index (χ1v) is 9.57. The zero-order valence-electron chi connectivity index (χ0n) is 16.6. The van der Waals surface area contributed by atoms with Crippen LogP contribution in [0.25, 0.3) is 0 Å². The fourth-order valence-electron chi connectivity index (χ4n) is 4.32. The van der Waals surface area contributed by atoms with Gasteiger partial charge in [-0.25, -0.2) is 0 Å². The summed E-state index contributed by atoms with van der Waals surface area (Å²) in [6.45, 7) is 19.1. The molecule has 0 saturated heterocycles. The van der Waals surface area contributed by atoms with Gasteiger partial charge in [-0.05, 0) is 53.4 Å². The van der Waals surface area contributed by atoms with Crippen molar-refractivity contribution >= 4 is 0 Å². The van der Waals surface area contributed by atoms with Crippen molar-refractivity contribution in [3.63, 3.8) is 0 Å². The van der Waals surface area contributed by atoms with Crippen LogP contribution in [0.4, 0.5) is 0 Å². The maximum absolute atomic E-state index is 2.59. The van der Waals surface area contributed by atoms with Gasteiger partial charge >= 0.3 is 0 Å². The topological polar surface area (TPSA) is 0 Å². The van der Waals surface area contributed by atoms with Gasteiger partial charge < -0.3 is 0 Å². The summed E-state index contributed by atoms with van der Waals surface area (Å²) in [6, 6.07) is 0. The van der Waals surface area contributed by atoms with Gasteiger partial charge in [0.2, 0.25) is 0 Å². The largest absolute Gasteiger partial charge is 0.0786 e. The van der Waals surface area contributed by atoms with Crippen LogP contribution in [0.3, 0.4) is 0 Å². The van der Waals surface area contributed by atoms with Crippen molar-refractivity contribution in [2.45, 2.75) is 93.9 Å². The molecule has 128 valence electrons. The molecule has 1 rings (SSSR count). The third-order valence-corrected chi connectivity index (χ3v) is 6.46. The van der Waals surface area contributed by atoms with E-state index in [0.29, 0.717) is 22.2 Å². The Morgan fingerprint density at radius 3 is 2.05 bits per heavy atom. The highest BCUT2D eigenvalue weighted by molar-refractivity contribution is 5.31. The van der Waals surface area contributed by atoms with E-state index in [4.69, 9.17) is 0 Å². The van der Waals surface area contributed by atoms with Gasteiger partial charge in [0.1, 0.15) is 0 Å². The normalized spacial score (nSPS) is 22.4. The lowest BCUT2D eigenvalue weighted by molar-refractivity contribution is 0.155. The van der Waals surface area contributed by atoms with Crippen molar-refractivity contribution in [3.05, 3.63) is 23.8 Å². The molecule has 0 aromatic heterocycles. The zero-order valence-corrected chi connectivity index (χ0v) is 16.6. The minimum atomic E-state index is 0.323. The van der Waals surface area contributed by atoms with E-state index in [-0.39, 0.29) is 0 Å². The van der Waals surface area contributed by atoms with Crippen LogP contribution in [0.1, 0.15) is 93.9 Å². The fourth-order valence-corrected chi connectivity index (χ4v) is 4.32. The van der Waals surface area contributed by atoms with Crippen LogP contribution in [0.2, 0.25) is 0 Å². The lowest BCUT2D eigenvalue weighted by Gasteiger charge is -2.42. The highest BCUT2D eigenvalue weighted by Crippen LogP contribution is 2.49. The van der Waals surface area contributed by atoms with E-state index in [0.717, 1.165) is 0 Å². The Morgan fingerprint density at radius 2 is 1.59 bits per heavy atom. The summed E-state index contributed by atoms with van der Waals surface area (Å²) in [5.41, 5.74) is 2.75. The van der Waals surface area contributed by atoms with Gasteiger partial charge in [-0.2, -0.15) is 0 Å². The van der Waals surface area contributed by atoms with Gasteiger partial charge in [-0.15, -0.1) is 0 Å². The number of hydrogen-bond acceptors (Lipinski definition) is 0. The summed E-state index contributed by atoms with van der Waals surface area (Å²) in [5.74, 6) is 0.673. The van der Waals surface area contributed by atoms with E-state index in [2.05, 4.69) is 73.6 Å². The smallest absolute Gasteiger partial charge is 0.00502 e. The highest BCUT2D eigenvalue weighted by Gasteiger charge is 2.37. The molecule has 0 aromatic carbocycles. The van der Waals surface area contributed by atoms with Crippen LogP contribution in [0.15, 0.2) is 23.8 Å². The number of allylic oxidation sites excluding steroid dienone is 4. The molecule has 0 heterocycles. The quantitative estimate of drug-likeness (QED) is 0.455. The molecule has 0 aromatic rings. The first kappa shape index (κ1) is 19.5. The molecule has 0 saturated carbocycles. The van der Waals surface area contributed by atoms with Crippen molar-refractivity contribution in [2.24, 2.45) is 22.2 Å². The highest BCUT2D eigenvalue weighted by atomic mass is 14.4.